The number of nitrogens with two attached hydrogens (primary N) is 2. The third-order valence-electron chi connectivity index (χ3n) is 5.72. The molecule has 4 N–H and O–H groups in total. The summed E-state index contributed by atoms with van der Waals surface area (Å²) in [6.07, 6.45) is 4.89. The Hall–Kier alpha value is -3.99. The SMILES string of the molecule is Cc1ccc(C)n1C(N)=CC(I)=Nc1ccccc1F.Cc1ccc(C)n1C(N)=CC=Nc1ccccc1F. The summed E-state index contributed by atoms with van der Waals surface area (Å²) in [4.78, 5) is 8.27. The summed E-state index contributed by atoms with van der Waals surface area (Å²) in [5.41, 5.74) is 16.9. The molecule has 0 aliphatic carbocycles. The van der Waals surface area contributed by atoms with Gasteiger partial charge in [-0.1, -0.05) is 24.3 Å². The minimum Gasteiger partial charge on any atom is -0.385 e. The first kappa shape index (κ1) is 29.6. The van der Waals surface area contributed by atoms with Gasteiger partial charge in [0.05, 0.1) is 11.4 Å². The molecule has 0 fully saturated rings. The number of aliphatic imine (C=N–C) groups is 2. The molecule has 0 spiro atoms. The fourth-order valence-corrected chi connectivity index (χ4v) is 4.43. The number of allylic oxidation sites excluding steroid dienone is 2. The number of hydrogen-bond donors (Lipinski definition) is 2. The summed E-state index contributed by atoms with van der Waals surface area (Å²) < 4.78 is 31.3. The maximum Gasteiger partial charge on any atom is 0.148 e. The van der Waals surface area contributed by atoms with Crippen molar-refractivity contribution in [3.63, 3.8) is 0 Å². The van der Waals surface area contributed by atoms with E-state index < -0.39 is 0 Å². The van der Waals surface area contributed by atoms with Crippen molar-refractivity contribution in [3.05, 3.63) is 119 Å². The molecule has 2 heterocycles. The van der Waals surface area contributed by atoms with E-state index in [1.54, 1.807) is 48.6 Å². The molecule has 2 aromatic carbocycles. The average molecular weight is 641 g/mol. The van der Waals surface area contributed by atoms with Gasteiger partial charge in [-0.15, -0.1) is 0 Å². The van der Waals surface area contributed by atoms with E-state index in [9.17, 15) is 8.78 Å². The Kier molecular flexibility index (Phi) is 10.4. The first-order chi connectivity index (χ1) is 18.6. The molecule has 202 valence electrons. The fraction of sp³-hybridized carbons (Fsp3) is 0.133. The quantitative estimate of drug-likeness (QED) is 0.168. The zero-order valence-electron chi connectivity index (χ0n) is 22.2. The molecule has 0 radical (unpaired) electrons. The van der Waals surface area contributed by atoms with Crippen LogP contribution < -0.4 is 11.5 Å². The molecule has 2 aromatic heterocycles. The van der Waals surface area contributed by atoms with Crippen LogP contribution in [0.5, 0.6) is 0 Å². The van der Waals surface area contributed by atoms with E-state index in [0.717, 1.165) is 22.8 Å². The van der Waals surface area contributed by atoms with Crippen molar-refractivity contribution in [2.45, 2.75) is 27.7 Å². The van der Waals surface area contributed by atoms with Crippen LogP contribution in [0.1, 0.15) is 22.8 Å². The lowest BCUT2D eigenvalue weighted by molar-refractivity contribution is 0.630. The highest BCUT2D eigenvalue weighted by Gasteiger charge is 2.05. The van der Waals surface area contributed by atoms with Gasteiger partial charge >= 0.3 is 0 Å². The summed E-state index contributed by atoms with van der Waals surface area (Å²) in [6.45, 7) is 7.91. The Bertz CT molecular complexity index is 1520. The van der Waals surface area contributed by atoms with Crippen LogP contribution in [-0.2, 0) is 0 Å². The number of halogens is 3. The Morgan fingerprint density at radius 3 is 1.62 bits per heavy atom. The molecule has 4 rings (SSSR count). The number of aryl methyl sites for hydroxylation is 4. The Morgan fingerprint density at radius 2 is 1.13 bits per heavy atom. The van der Waals surface area contributed by atoms with Crippen LogP contribution in [0.3, 0.4) is 0 Å². The van der Waals surface area contributed by atoms with Gasteiger partial charge in [0, 0.05) is 35.1 Å². The van der Waals surface area contributed by atoms with Crippen LogP contribution in [0.2, 0.25) is 0 Å². The zero-order valence-corrected chi connectivity index (χ0v) is 24.4. The average Bonchev–Trinajstić information content (AvgIpc) is 3.41. The standard InChI is InChI=1S/C15H15FIN3.C15H16FN3/c1-10-7-8-11(2)20(10)15(18)9-14(17)19-13-6-4-3-5-12(13)16;1-11-7-8-12(2)19(11)15(17)9-10-18-14-6-4-3-5-13(14)16/h3-9H,18H2,1-2H3;3-10H,17H2,1-2H3. The van der Waals surface area contributed by atoms with E-state index in [2.05, 4.69) is 9.98 Å². The number of benzene rings is 2. The molecule has 0 saturated heterocycles. The number of nitrogens with zero attached hydrogens (tertiary/aromatic N) is 4. The molecule has 0 bridgehead atoms. The number of hydrogen-bond acceptors (Lipinski definition) is 4. The van der Waals surface area contributed by atoms with Gasteiger partial charge in [-0.05, 0) is 105 Å². The van der Waals surface area contributed by atoms with Crippen molar-refractivity contribution < 1.29 is 8.78 Å². The maximum absolute atomic E-state index is 13.5. The number of para-hydroxylation sites is 2. The van der Waals surface area contributed by atoms with E-state index in [-0.39, 0.29) is 11.6 Å². The van der Waals surface area contributed by atoms with E-state index >= 15 is 0 Å². The first-order valence-electron chi connectivity index (χ1n) is 12.1. The maximum atomic E-state index is 13.5. The van der Waals surface area contributed by atoms with Crippen molar-refractivity contribution in [1.29, 1.82) is 0 Å². The normalized spacial score (nSPS) is 12.5. The molecule has 39 heavy (non-hydrogen) atoms. The van der Waals surface area contributed by atoms with Gasteiger partial charge in [-0.2, -0.15) is 0 Å². The summed E-state index contributed by atoms with van der Waals surface area (Å²) in [5, 5.41) is 0. The van der Waals surface area contributed by atoms with Crippen molar-refractivity contribution in [2.24, 2.45) is 21.5 Å². The van der Waals surface area contributed by atoms with Crippen LogP contribution in [0.15, 0.2) is 94.9 Å². The Balaban J connectivity index is 0.000000216. The highest BCUT2D eigenvalue weighted by atomic mass is 127. The molecule has 0 amide bonds. The third kappa shape index (κ3) is 8.00. The molecular formula is C30H31F2IN6. The predicted molar refractivity (Wildman–Crippen MR) is 167 cm³/mol. The van der Waals surface area contributed by atoms with Gasteiger partial charge in [0.15, 0.2) is 0 Å². The molecule has 0 unspecified atom stereocenters. The lowest BCUT2D eigenvalue weighted by Crippen LogP contribution is -2.10. The Morgan fingerprint density at radius 1 is 0.692 bits per heavy atom. The lowest BCUT2D eigenvalue weighted by atomic mass is 10.3. The van der Waals surface area contributed by atoms with Crippen LogP contribution in [-0.4, -0.2) is 19.1 Å². The van der Waals surface area contributed by atoms with Gasteiger partial charge in [-0.3, -0.25) is 4.99 Å². The van der Waals surface area contributed by atoms with Crippen molar-refractivity contribution in [3.8, 4) is 0 Å². The summed E-state index contributed by atoms with van der Waals surface area (Å²) in [7, 11) is 0. The van der Waals surface area contributed by atoms with Crippen LogP contribution >= 0.6 is 22.6 Å². The molecule has 4 aromatic rings. The molecule has 0 aliphatic rings. The molecular weight excluding hydrogens is 609 g/mol. The summed E-state index contributed by atoms with van der Waals surface area (Å²) in [6, 6.07) is 20.7. The van der Waals surface area contributed by atoms with Gasteiger partial charge in [0.1, 0.15) is 27.0 Å². The first-order valence-corrected chi connectivity index (χ1v) is 13.2. The summed E-state index contributed by atoms with van der Waals surface area (Å²) in [5.74, 6) is 0.426. The fourth-order valence-electron chi connectivity index (χ4n) is 3.85. The van der Waals surface area contributed by atoms with Crippen molar-refractivity contribution in [1.82, 2.24) is 9.13 Å². The monoisotopic (exact) mass is 640 g/mol. The predicted octanol–water partition coefficient (Wildman–Crippen LogP) is 7.57. The van der Waals surface area contributed by atoms with Gasteiger partial charge in [0.25, 0.3) is 0 Å². The molecule has 0 atom stereocenters. The second-order valence-electron chi connectivity index (χ2n) is 8.68. The number of rotatable bonds is 6. The van der Waals surface area contributed by atoms with Crippen LogP contribution in [0, 0.1) is 39.3 Å². The molecule has 0 aliphatic heterocycles. The second kappa shape index (κ2) is 13.7. The van der Waals surface area contributed by atoms with E-state index in [1.165, 1.54) is 18.3 Å². The smallest absolute Gasteiger partial charge is 0.148 e. The van der Waals surface area contributed by atoms with E-state index in [0.29, 0.717) is 26.7 Å². The van der Waals surface area contributed by atoms with Crippen LogP contribution in [0.25, 0.3) is 11.6 Å². The third-order valence-corrected chi connectivity index (χ3v) is 6.27. The number of aromatic nitrogens is 2. The minimum atomic E-state index is -0.348. The summed E-state index contributed by atoms with van der Waals surface area (Å²) >= 11 is 2.04. The van der Waals surface area contributed by atoms with Crippen molar-refractivity contribution in [2.75, 3.05) is 0 Å². The van der Waals surface area contributed by atoms with Gasteiger partial charge < -0.3 is 20.6 Å². The highest BCUT2D eigenvalue weighted by molar-refractivity contribution is 14.1. The Labute approximate surface area is 241 Å². The molecule has 6 nitrogen and oxygen atoms in total. The van der Waals surface area contributed by atoms with E-state index in [1.807, 2.05) is 83.7 Å². The van der Waals surface area contributed by atoms with Gasteiger partial charge in [-0.25, -0.2) is 13.8 Å². The topological polar surface area (TPSA) is 86.6 Å². The molecule has 9 heteroatoms. The lowest BCUT2D eigenvalue weighted by Gasteiger charge is -2.08. The minimum absolute atomic E-state index is 0.299. The zero-order chi connectivity index (χ0) is 28.5. The van der Waals surface area contributed by atoms with Crippen LogP contribution in [0.4, 0.5) is 20.2 Å². The largest absolute Gasteiger partial charge is 0.385 e. The molecule has 0 saturated carbocycles. The second-order valence-corrected chi connectivity index (χ2v) is 9.78. The highest BCUT2D eigenvalue weighted by Crippen LogP contribution is 2.19. The van der Waals surface area contributed by atoms with E-state index in [4.69, 9.17) is 11.5 Å². The van der Waals surface area contributed by atoms with Gasteiger partial charge in [0.2, 0.25) is 0 Å². The van der Waals surface area contributed by atoms with Crippen molar-refractivity contribution >= 4 is 55.5 Å².